The Morgan fingerprint density at radius 2 is 1.82 bits per heavy atom. The van der Waals surface area contributed by atoms with Gasteiger partial charge in [0, 0.05) is 23.4 Å². The minimum atomic E-state index is -3.74. The van der Waals surface area contributed by atoms with Crippen molar-refractivity contribution in [2.24, 2.45) is 0 Å². The Labute approximate surface area is 159 Å². The third-order valence-corrected chi connectivity index (χ3v) is 4.16. The van der Waals surface area contributed by atoms with Gasteiger partial charge in [-0.3, -0.25) is 0 Å². The summed E-state index contributed by atoms with van der Waals surface area (Å²) in [6, 6.07) is 7.02. The first kappa shape index (κ1) is 19.5. The van der Waals surface area contributed by atoms with Gasteiger partial charge in [-0.2, -0.15) is 0 Å². The highest BCUT2D eigenvalue weighted by atomic mass is 19.3. The number of nitrogens with one attached hydrogen (secondary N) is 1. The van der Waals surface area contributed by atoms with Crippen LogP contribution in [0.5, 0.6) is 11.5 Å². The molecule has 146 valence electrons. The number of halogens is 4. The van der Waals surface area contributed by atoms with E-state index in [2.05, 4.69) is 27.9 Å². The Balaban J connectivity index is 1.85. The lowest BCUT2D eigenvalue weighted by Crippen LogP contribution is -2.25. The van der Waals surface area contributed by atoms with Gasteiger partial charge in [-0.1, -0.05) is 25.3 Å². The first-order valence-electron chi connectivity index (χ1n) is 8.31. The van der Waals surface area contributed by atoms with Gasteiger partial charge in [0.2, 0.25) is 0 Å². The van der Waals surface area contributed by atoms with Gasteiger partial charge in [-0.05, 0) is 48.4 Å². The second-order valence-electron chi connectivity index (χ2n) is 6.16. The number of allylic oxidation sites excluding steroid dienone is 2. The van der Waals surface area contributed by atoms with Crippen LogP contribution in [0.3, 0.4) is 0 Å². The number of aryl methyl sites for hydroxylation is 1. The Morgan fingerprint density at radius 3 is 2.43 bits per heavy atom. The van der Waals surface area contributed by atoms with Gasteiger partial charge in [0.15, 0.2) is 11.5 Å². The van der Waals surface area contributed by atoms with E-state index in [0.717, 1.165) is 0 Å². The number of anilines is 1. The molecule has 3 rings (SSSR count). The average Bonchev–Trinajstić information content (AvgIpc) is 2.90. The highest BCUT2D eigenvalue weighted by molar-refractivity contribution is 5.73. The first-order chi connectivity index (χ1) is 13.2. The lowest BCUT2D eigenvalue weighted by atomic mass is 9.99. The highest BCUT2D eigenvalue weighted by Crippen LogP contribution is 2.44. The standard InChI is InChI=1S/C21H17F4NO2/c1-4-5-14(13(3)22)11-26-15-6-7-16(18(23)9-15)17-10-20-19(8-12(17)2)27-21(24,25)28-20/h4-10,26H,1,3,11H2,2H3/b14-5-. The van der Waals surface area contributed by atoms with E-state index in [1.807, 2.05) is 0 Å². The SMILES string of the molecule is C=C/C=C(/CNc1ccc(-c2cc3c(cc2C)OC(F)(F)O3)c(F)c1)C(=C)F. The average molecular weight is 391 g/mol. The zero-order valence-electron chi connectivity index (χ0n) is 15.0. The van der Waals surface area contributed by atoms with Gasteiger partial charge < -0.3 is 14.8 Å². The summed E-state index contributed by atoms with van der Waals surface area (Å²) in [7, 11) is 0. The Kier molecular flexibility index (Phi) is 5.18. The van der Waals surface area contributed by atoms with E-state index in [-0.39, 0.29) is 29.2 Å². The Hall–Kier alpha value is -3.22. The zero-order chi connectivity index (χ0) is 20.5. The second-order valence-corrected chi connectivity index (χ2v) is 6.16. The van der Waals surface area contributed by atoms with Crippen molar-refractivity contribution in [1.82, 2.24) is 0 Å². The minimum absolute atomic E-state index is 0.0955. The maximum absolute atomic E-state index is 14.7. The third kappa shape index (κ3) is 4.03. The van der Waals surface area contributed by atoms with Crippen LogP contribution in [0, 0.1) is 12.7 Å². The zero-order valence-corrected chi connectivity index (χ0v) is 15.0. The predicted octanol–water partition coefficient (Wildman–Crippen LogP) is 6.13. The summed E-state index contributed by atoms with van der Waals surface area (Å²) in [5, 5.41) is 2.90. The molecule has 0 fully saturated rings. The third-order valence-electron chi connectivity index (χ3n) is 4.16. The molecule has 0 spiro atoms. The molecule has 0 aliphatic carbocycles. The molecule has 28 heavy (non-hydrogen) atoms. The van der Waals surface area contributed by atoms with Crippen LogP contribution < -0.4 is 14.8 Å². The van der Waals surface area contributed by atoms with Crippen molar-refractivity contribution in [2.45, 2.75) is 13.2 Å². The quantitative estimate of drug-likeness (QED) is 0.475. The van der Waals surface area contributed by atoms with Gasteiger partial charge in [-0.15, -0.1) is 8.78 Å². The van der Waals surface area contributed by atoms with Crippen LogP contribution in [-0.4, -0.2) is 12.8 Å². The number of fused-ring (bicyclic) bond motifs is 1. The lowest BCUT2D eigenvalue weighted by molar-refractivity contribution is -0.286. The maximum atomic E-state index is 14.7. The monoisotopic (exact) mass is 391 g/mol. The summed E-state index contributed by atoms with van der Waals surface area (Å²) in [5.74, 6) is -1.45. The Morgan fingerprint density at radius 1 is 1.14 bits per heavy atom. The summed E-state index contributed by atoms with van der Waals surface area (Å²) in [6.07, 6.45) is -0.847. The van der Waals surface area contributed by atoms with Gasteiger partial charge in [-0.25, -0.2) is 8.78 Å². The first-order valence-corrected chi connectivity index (χ1v) is 8.31. The molecule has 0 aromatic heterocycles. The van der Waals surface area contributed by atoms with E-state index in [1.165, 1.54) is 36.4 Å². The molecule has 0 bridgehead atoms. The normalized spacial score (nSPS) is 14.7. The summed E-state index contributed by atoms with van der Waals surface area (Å²) in [4.78, 5) is 0. The van der Waals surface area contributed by atoms with E-state index in [4.69, 9.17) is 0 Å². The number of ether oxygens (including phenoxy) is 2. The van der Waals surface area contributed by atoms with E-state index < -0.39 is 17.9 Å². The fourth-order valence-corrected chi connectivity index (χ4v) is 2.82. The Bertz CT molecular complexity index is 983. The summed E-state index contributed by atoms with van der Waals surface area (Å²) in [5.41, 5.74) is 1.86. The maximum Gasteiger partial charge on any atom is 0.586 e. The molecule has 0 saturated heterocycles. The molecule has 0 saturated carbocycles. The molecule has 1 aliphatic rings. The van der Waals surface area contributed by atoms with Gasteiger partial charge in [0.05, 0.1) is 0 Å². The topological polar surface area (TPSA) is 30.5 Å². The number of hydrogen-bond donors (Lipinski definition) is 1. The molecule has 1 aliphatic heterocycles. The number of rotatable bonds is 6. The molecular formula is C21H17F4NO2. The van der Waals surface area contributed by atoms with Gasteiger partial charge in [0.1, 0.15) is 11.6 Å². The van der Waals surface area contributed by atoms with Crippen LogP contribution in [0.25, 0.3) is 11.1 Å². The largest absolute Gasteiger partial charge is 0.586 e. The fourth-order valence-electron chi connectivity index (χ4n) is 2.82. The van der Waals surface area contributed by atoms with Crippen LogP contribution in [0.2, 0.25) is 0 Å². The van der Waals surface area contributed by atoms with Gasteiger partial charge >= 0.3 is 6.29 Å². The van der Waals surface area contributed by atoms with E-state index in [1.54, 1.807) is 13.0 Å². The van der Waals surface area contributed by atoms with Crippen LogP contribution in [0.15, 0.2) is 67.0 Å². The van der Waals surface area contributed by atoms with Crippen molar-refractivity contribution in [2.75, 3.05) is 11.9 Å². The number of alkyl halides is 2. The molecule has 0 radical (unpaired) electrons. The van der Waals surface area contributed by atoms with Crippen molar-refractivity contribution in [1.29, 1.82) is 0 Å². The molecule has 0 atom stereocenters. The molecule has 2 aromatic rings. The summed E-state index contributed by atoms with van der Waals surface area (Å²) >= 11 is 0. The number of hydrogen-bond acceptors (Lipinski definition) is 3. The molecule has 1 N–H and O–H groups in total. The van der Waals surface area contributed by atoms with Crippen LogP contribution in [-0.2, 0) is 0 Å². The van der Waals surface area contributed by atoms with Crippen molar-refractivity contribution in [3.05, 3.63) is 78.4 Å². The van der Waals surface area contributed by atoms with Gasteiger partial charge in [0.25, 0.3) is 0 Å². The molecule has 0 unspecified atom stereocenters. The fraction of sp³-hybridized carbons (Fsp3) is 0.143. The van der Waals surface area contributed by atoms with Crippen LogP contribution in [0.4, 0.5) is 23.2 Å². The molecule has 2 aromatic carbocycles. The minimum Gasteiger partial charge on any atom is -0.395 e. The van der Waals surface area contributed by atoms with Crippen LogP contribution in [0.1, 0.15) is 5.56 Å². The molecule has 1 heterocycles. The smallest absolute Gasteiger partial charge is 0.395 e. The number of benzene rings is 2. The van der Waals surface area contributed by atoms with Crippen molar-refractivity contribution >= 4 is 5.69 Å². The molecular weight excluding hydrogens is 374 g/mol. The van der Waals surface area contributed by atoms with Crippen LogP contribution >= 0.6 is 0 Å². The molecule has 0 amide bonds. The molecule has 7 heteroatoms. The second kappa shape index (κ2) is 7.42. The van der Waals surface area contributed by atoms with E-state index in [0.29, 0.717) is 16.8 Å². The highest BCUT2D eigenvalue weighted by Gasteiger charge is 2.43. The van der Waals surface area contributed by atoms with Crippen molar-refractivity contribution < 1.29 is 27.0 Å². The summed E-state index contributed by atoms with van der Waals surface area (Å²) < 4.78 is 63.3. The van der Waals surface area contributed by atoms with E-state index in [9.17, 15) is 17.6 Å². The van der Waals surface area contributed by atoms with Crippen molar-refractivity contribution in [3.63, 3.8) is 0 Å². The summed E-state index contributed by atoms with van der Waals surface area (Å²) in [6.45, 7) is 8.48. The molecule has 3 nitrogen and oxygen atoms in total. The lowest BCUT2D eigenvalue weighted by Gasteiger charge is -2.12. The predicted molar refractivity (Wildman–Crippen MR) is 99.8 cm³/mol. The van der Waals surface area contributed by atoms with Crippen molar-refractivity contribution in [3.8, 4) is 22.6 Å². The van der Waals surface area contributed by atoms with E-state index >= 15 is 0 Å².